The quantitative estimate of drug-likeness (QED) is 0.644. The zero-order chi connectivity index (χ0) is 10.7. The Labute approximate surface area is 97.3 Å². The van der Waals surface area contributed by atoms with E-state index in [1.807, 2.05) is 6.08 Å². The number of halogens is 1. The summed E-state index contributed by atoms with van der Waals surface area (Å²) in [7, 11) is 0. The fourth-order valence-electron chi connectivity index (χ4n) is 1.63. The van der Waals surface area contributed by atoms with Crippen LogP contribution in [0.15, 0.2) is 17.4 Å². The number of rotatable bonds is 3. The molecule has 5 heteroatoms. The molecule has 0 unspecified atom stereocenters. The van der Waals surface area contributed by atoms with Gasteiger partial charge in [-0.25, -0.2) is 9.97 Å². The van der Waals surface area contributed by atoms with E-state index in [1.165, 1.54) is 5.56 Å². The molecule has 0 saturated heterocycles. The molecular weight excluding hydrogens is 256 g/mol. The van der Waals surface area contributed by atoms with Crippen LogP contribution < -0.4 is 10.6 Å². The fraction of sp³-hybridized carbons (Fsp3) is 0.400. The Balaban J connectivity index is 2.34. The highest BCUT2D eigenvalue weighted by Crippen LogP contribution is 2.21. The van der Waals surface area contributed by atoms with E-state index >= 15 is 0 Å². The Morgan fingerprint density at radius 3 is 3.20 bits per heavy atom. The van der Waals surface area contributed by atoms with Crippen LogP contribution >= 0.6 is 15.9 Å². The lowest BCUT2D eigenvalue weighted by atomic mass is 10.1. The Bertz CT molecular complexity index is 378. The highest BCUT2D eigenvalue weighted by molar-refractivity contribution is 9.10. The van der Waals surface area contributed by atoms with E-state index in [0.29, 0.717) is 4.73 Å². The van der Waals surface area contributed by atoms with Gasteiger partial charge in [0, 0.05) is 31.6 Å². The van der Waals surface area contributed by atoms with Gasteiger partial charge in [0.1, 0.15) is 5.82 Å². The lowest BCUT2D eigenvalue weighted by molar-refractivity contribution is 0.625. The average molecular weight is 269 g/mol. The Hall–Kier alpha value is -0.940. The van der Waals surface area contributed by atoms with Crippen molar-refractivity contribution in [1.82, 2.24) is 15.3 Å². The van der Waals surface area contributed by atoms with E-state index < -0.39 is 0 Å². The molecule has 4 nitrogen and oxygen atoms in total. The van der Waals surface area contributed by atoms with Gasteiger partial charge in [-0.1, -0.05) is 6.08 Å². The second kappa shape index (κ2) is 4.72. The van der Waals surface area contributed by atoms with Crippen LogP contribution in [0.3, 0.4) is 0 Å². The standard InChI is InChI=1S/C10H13BrN4/c1-2-4-13-9-7-6-12-5-3-8(7)14-10(11)15-9/h2,12H,1,3-6H2,(H,13,14,15). The van der Waals surface area contributed by atoms with Gasteiger partial charge in [-0.05, 0) is 15.9 Å². The van der Waals surface area contributed by atoms with E-state index in [4.69, 9.17) is 0 Å². The number of fused-ring (bicyclic) bond motifs is 1. The maximum Gasteiger partial charge on any atom is 0.198 e. The molecule has 1 aliphatic heterocycles. The van der Waals surface area contributed by atoms with Crippen LogP contribution in [0, 0.1) is 0 Å². The van der Waals surface area contributed by atoms with Gasteiger partial charge in [-0.15, -0.1) is 6.58 Å². The number of nitrogens with one attached hydrogen (secondary N) is 2. The van der Waals surface area contributed by atoms with Crippen molar-refractivity contribution in [2.24, 2.45) is 0 Å². The third kappa shape index (κ3) is 2.35. The van der Waals surface area contributed by atoms with Crippen LogP contribution in [0.25, 0.3) is 0 Å². The first-order valence-electron chi connectivity index (χ1n) is 4.92. The van der Waals surface area contributed by atoms with Gasteiger partial charge >= 0.3 is 0 Å². The highest BCUT2D eigenvalue weighted by Gasteiger charge is 2.16. The second-order valence-corrected chi connectivity index (χ2v) is 4.07. The van der Waals surface area contributed by atoms with Crippen LogP contribution in [0.2, 0.25) is 0 Å². The average Bonchev–Trinajstić information content (AvgIpc) is 2.25. The summed E-state index contributed by atoms with van der Waals surface area (Å²) in [4.78, 5) is 8.71. The minimum Gasteiger partial charge on any atom is -0.366 e. The summed E-state index contributed by atoms with van der Waals surface area (Å²) in [5, 5.41) is 6.54. The molecule has 80 valence electrons. The van der Waals surface area contributed by atoms with Crippen molar-refractivity contribution in [3.63, 3.8) is 0 Å². The molecule has 0 aliphatic carbocycles. The van der Waals surface area contributed by atoms with E-state index in [-0.39, 0.29) is 0 Å². The summed E-state index contributed by atoms with van der Waals surface area (Å²) in [6, 6.07) is 0. The molecule has 0 spiro atoms. The first-order chi connectivity index (χ1) is 7.31. The summed E-state index contributed by atoms with van der Waals surface area (Å²) < 4.78 is 0.648. The summed E-state index contributed by atoms with van der Waals surface area (Å²) in [6.45, 7) is 6.21. The van der Waals surface area contributed by atoms with E-state index in [9.17, 15) is 0 Å². The number of nitrogens with zero attached hydrogens (tertiary/aromatic N) is 2. The second-order valence-electron chi connectivity index (χ2n) is 3.36. The molecular formula is C10H13BrN4. The van der Waals surface area contributed by atoms with Crippen molar-refractivity contribution in [2.45, 2.75) is 13.0 Å². The highest BCUT2D eigenvalue weighted by atomic mass is 79.9. The van der Waals surface area contributed by atoms with Gasteiger partial charge in [0.25, 0.3) is 0 Å². The molecule has 0 saturated carbocycles. The molecule has 15 heavy (non-hydrogen) atoms. The van der Waals surface area contributed by atoms with Crippen molar-refractivity contribution in [3.05, 3.63) is 28.6 Å². The van der Waals surface area contributed by atoms with E-state index in [0.717, 1.165) is 37.6 Å². The molecule has 0 aromatic carbocycles. The minimum atomic E-state index is 0.648. The number of anilines is 1. The van der Waals surface area contributed by atoms with Crippen LogP contribution in [0.5, 0.6) is 0 Å². The van der Waals surface area contributed by atoms with E-state index in [2.05, 4.69) is 43.1 Å². The summed E-state index contributed by atoms with van der Waals surface area (Å²) >= 11 is 3.32. The van der Waals surface area contributed by atoms with Gasteiger partial charge in [-0.3, -0.25) is 0 Å². The van der Waals surface area contributed by atoms with Crippen molar-refractivity contribution in [1.29, 1.82) is 0 Å². The van der Waals surface area contributed by atoms with Gasteiger partial charge in [-0.2, -0.15) is 0 Å². The van der Waals surface area contributed by atoms with Gasteiger partial charge in [0.05, 0.1) is 5.69 Å². The molecule has 2 heterocycles. The predicted molar refractivity (Wildman–Crippen MR) is 63.8 cm³/mol. The first-order valence-corrected chi connectivity index (χ1v) is 5.71. The smallest absolute Gasteiger partial charge is 0.198 e. The molecule has 0 radical (unpaired) electrons. The first kappa shape index (κ1) is 10.6. The number of hydrogen-bond acceptors (Lipinski definition) is 4. The molecule has 2 N–H and O–H groups in total. The Morgan fingerprint density at radius 1 is 1.53 bits per heavy atom. The van der Waals surface area contributed by atoms with Crippen LogP contribution in [-0.2, 0) is 13.0 Å². The zero-order valence-corrected chi connectivity index (χ0v) is 9.97. The van der Waals surface area contributed by atoms with Crippen molar-refractivity contribution < 1.29 is 0 Å². The van der Waals surface area contributed by atoms with Crippen LogP contribution in [-0.4, -0.2) is 23.1 Å². The molecule has 0 bridgehead atoms. The molecule has 2 rings (SSSR count). The zero-order valence-electron chi connectivity index (χ0n) is 8.39. The van der Waals surface area contributed by atoms with Crippen LogP contribution in [0.4, 0.5) is 5.82 Å². The number of aromatic nitrogens is 2. The summed E-state index contributed by atoms with van der Waals surface area (Å²) in [5.41, 5.74) is 2.30. The van der Waals surface area contributed by atoms with Gasteiger partial charge < -0.3 is 10.6 Å². The third-order valence-corrected chi connectivity index (χ3v) is 2.67. The fourth-order valence-corrected chi connectivity index (χ4v) is 2.02. The maximum atomic E-state index is 4.38. The minimum absolute atomic E-state index is 0.648. The predicted octanol–water partition coefficient (Wildman–Crippen LogP) is 1.48. The molecule has 0 atom stereocenters. The lowest BCUT2D eigenvalue weighted by Gasteiger charge is -2.19. The molecule has 1 aliphatic rings. The van der Waals surface area contributed by atoms with Crippen molar-refractivity contribution >= 4 is 21.7 Å². The molecule has 0 fully saturated rings. The maximum absolute atomic E-state index is 4.38. The van der Waals surface area contributed by atoms with Crippen LogP contribution in [0.1, 0.15) is 11.3 Å². The summed E-state index contributed by atoms with van der Waals surface area (Å²) in [6.07, 6.45) is 2.78. The van der Waals surface area contributed by atoms with E-state index in [1.54, 1.807) is 0 Å². The normalized spacial score (nSPS) is 14.5. The van der Waals surface area contributed by atoms with Crippen molar-refractivity contribution in [2.75, 3.05) is 18.4 Å². The third-order valence-electron chi connectivity index (χ3n) is 2.32. The van der Waals surface area contributed by atoms with Crippen molar-refractivity contribution in [3.8, 4) is 0 Å². The molecule has 1 aromatic rings. The molecule has 0 amide bonds. The Kier molecular flexibility index (Phi) is 3.33. The number of hydrogen-bond donors (Lipinski definition) is 2. The SMILES string of the molecule is C=CCNc1nc(Br)nc2c1CNCC2. The summed E-state index contributed by atoms with van der Waals surface area (Å²) in [5.74, 6) is 0.902. The Morgan fingerprint density at radius 2 is 2.40 bits per heavy atom. The van der Waals surface area contributed by atoms with Gasteiger partial charge in [0.15, 0.2) is 4.73 Å². The topological polar surface area (TPSA) is 49.8 Å². The van der Waals surface area contributed by atoms with Gasteiger partial charge in [0.2, 0.25) is 0 Å². The largest absolute Gasteiger partial charge is 0.366 e. The lowest BCUT2D eigenvalue weighted by Crippen LogP contribution is -2.26. The monoisotopic (exact) mass is 268 g/mol. The molecule has 1 aromatic heterocycles.